The van der Waals surface area contributed by atoms with Crippen LogP contribution < -0.4 is 5.73 Å². The van der Waals surface area contributed by atoms with E-state index in [-0.39, 0.29) is 12.2 Å². The Morgan fingerprint density at radius 1 is 1.33 bits per heavy atom. The Morgan fingerprint density at radius 2 is 2.00 bits per heavy atom. The van der Waals surface area contributed by atoms with Crippen molar-refractivity contribution in [1.29, 1.82) is 0 Å². The molecule has 0 bridgehead atoms. The minimum absolute atomic E-state index is 0.138. The second-order valence-corrected chi connectivity index (χ2v) is 4.06. The molecule has 0 spiro atoms. The Hall–Kier alpha value is -2.27. The topological polar surface area (TPSA) is 88.5 Å². The zero-order valence-corrected chi connectivity index (χ0v) is 9.65. The molecule has 1 aromatic carbocycles. The Balaban J connectivity index is 2.30. The Kier molecular flexibility index (Phi) is 3.34. The molecule has 0 aliphatic heterocycles. The van der Waals surface area contributed by atoms with Gasteiger partial charge in [-0.25, -0.2) is 0 Å². The molecule has 94 valence electrons. The molecular weight excluding hydrogens is 232 g/mol. The van der Waals surface area contributed by atoms with Crippen molar-refractivity contribution in [2.24, 2.45) is 5.73 Å². The van der Waals surface area contributed by atoms with E-state index in [9.17, 15) is 9.90 Å². The van der Waals surface area contributed by atoms with Crippen LogP contribution in [0.1, 0.15) is 5.56 Å². The monoisotopic (exact) mass is 246 g/mol. The zero-order valence-electron chi connectivity index (χ0n) is 9.65. The van der Waals surface area contributed by atoms with E-state index >= 15 is 0 Å². The van der Waals surface area contributed by atoms with E-state index in [1.54, 1.807) is 35.2 Å². The maximum atomic E-state index is 10.7. The van der Waals surface area contributed by atoms with Crippen molar-refractivity contribution in [3.05, 3.63) is 48.3 Å². The van der Waals surface area contributed by atoms with Gasteiger partial charge in [0, 0.05) is 12.4 Å². The van der Waals surface area contributed by atoms with Crippen LogP contribution in [0, 0.1) is 0 Å². The van der Waals surface area contributed by atoms with Gasteiger partial charge in [0.2, 0.25) is 0 Å². The second-order valence-electron chi connectivity index (χ2n) is 4.06. The van der Waals surface area contributed by atoms with Crippen LogP contribution in [0.3, 0.4) is 0 Å². The van der Waals surface area contributed by atoms with Crippen molar-refractivity contribution >= 4 is 5.97 Å². The van der Waals surface area contributed by atoms with E-state index in [4.69, 9.17) is 10.8 Å². The fraction of sp³-hybridized carbons (Fsp3) is 0.154. The predicted octanol–water partition coefficient (Wildman–Crippen LogP) is 1.14. The van der Waals surface area contributed by atoms with Gasteiger partial charge < -0.3 is 20.5 Å². The van der Waals surface area contributed by atoms with Gasteiger partial charge in [0.25, 0.3) is 0 Å². The van der Waals surface area contributed by atoms with Crippen molar-refractivity contribution in [3.63, 3.8) is 0 Å². The van der Waals surface area contributed by atoms with Crippen molar-refractivity contribution in [3.8, 4) is 11.4 Å². The van der Waals surface area contributed by atoms with Crippen LogP contribution in [-0.2, 0) is 11.2 Å². The molecule has 4 N–H and O–H groups in total. The Morgan fingerprint density at radius 3 is 2.61 bits per heavy atom. The first-order valence-electron chi connectivity index (χ1n) is 5.51. The number of phenols is 1. The highest BCUT2D eigenvalue weighted by Crippen LogP contribution is 2.23. The summed E-state index contributed by atoms with van der Waals surface area (Å²) in [6.07, 6.45) is 3.83. The van der Waals surface area contributed by atoms with Gasteiger partial charge in [0.05, 0.1) is 5.69 Å². The number of carbonyl (C=O) groups is 1. The van der Waals surface area contributed by atoms with Crippen molar-refractivity contribution in [1.82, 2.24) is 4.57 Å². The molecule has 0 radical (unpaired) electrons. The van der Waals surface area contributed by atoms with Crippen LogP contribution >= 0.6 is 0 Å². The fourth-order valence-corrected chi connectivity index (χ4v) is 1.74. The maximum Gasteiger partial charge on any atom is 0.320 e. The average molecular weight is 246 g/mol. The molecule has 18 heavy (non-hydrogen) atoms. The molecule has 2 rings (SSSR count). The third kappa shape index (κ3) is 2.52. The highest BCUT2D eigenvalue weighted by atomic mass is 16.4. The molecule has 0 saturated carbocycles. The molecule has 1 heterocycles. The van der Waals surface area contributed by atoms with Crippen molar-refractivity contribution in [2.45, 2.75) is 12.5 Å². The smallest absolute Gasteiger partial charge is 0.320 e. The highest BCUT2D eigenvalue weighted by Gasteiger charge is 2.13. The van der Waals surface area contributed by atoms with Crippen LogP contribution in [0.25, 0.3) is 5.69 Å². The molecule has 0 unspecified atom stereocenters. The summed E-state index contributed by atoms with van der Waals surface area (Å²) in [7, 11) is 0. The number of nitrogens with zero attached hydrogens (tertiary/aromatic N) is 1. The van der Waals surface area contributed by atoms with Gasteiger partial charge >= 0.3 is 5.97 Å². The number of phenolic OH excluding ortho intramolecular Hbond substituents is 1. The second kappa shape index (κ2) is 4.93. The van der Waals surface area contributed by atoms with Crippen molar-refractivity contribution < 1.29 is 15.0 Å². The third-order valence-electron chi connectivity index (χ3n) is 2.70. The Labute approximate surface area is 104 Å². The van der Waals surface area contributed by atoms with Gasteiger partial charge in [-0.05, 0) is 36.2 Å². The molecule has 1 atom stereocenters. The highest BCUT2D eigenvalue weighted by molar-refractivity contribution is 5.73. The zero-order chi connectivity index (χ0) is 13.1. The lowest BCUT2D eigenvalue weighted by molar-refractivity contribution is -0.138. The number of hydrogen-bond acceptors (Lipinski definition) is 3. The van der Waals surface area contributed by atoms with Gasteiger partial charge in [-0.3, -0.25) is 4.79 Å². The number of carboxylic acid groups (broad SMARTS) is 1. The fourth-order valence-electron chi connectivity index (χ4n) is 1.74. The largest absolute Gasteiger partial charge is 0.506 e. The molecule has 0 amide bonds. The van der Waals surface area contributed by atoms with E-state index in [0.29, 0.717) is 5.69 Å². The molecule has 0 aliphatic carbocycles. The molecule has 5 heteroatoms. The summed E-state index contributed by atoms with van der Waals surface area (Å²) in [4.78, 5) is 10.7. The van der Waals surface area contributed by atoms with Gasteiger partial charge in [-0.2, -0.15) is 0 Å². The Bertz CT molecular complexity index is 549. The van der Waals surface area contributed by atoms with Crippen LogP contribution in [0.5, 0.6) is 5.75 Å². The van der Waals surface area contributed by atoms with E-state index in [2.05, 4.69) is 0 Å². The molecule has 0 fully saturated rings. The van der Waals surface area contributed by atoms with Crippen molar-refractivity contribution in [2.75, 3.05) is 0 Å². The minimum atomic E-state index is -1.04. The number of rotatable bonds is 4. The van der Waals surface area contributed by atoms with Crippen LogP contribution in [0.2, 0.25) is 0 Å². The van der Waals surface area contributed by atoms with Gasteiger partial charge in [-0.15, -0.1) is 0 Å². The van der Waals surface area contributed by atoms with Crippen LogP contribution in [0.15, 0.2) is 42.7 Å². The van der Waals surface area contributed by atoms with Gasteiger partial charge in [-0.1, -0.05) is 6.07 Å². The number of carboxylic acids is 1. The summed E-state index contributed by atoms with van der Waals surface area (Å²) >= 11 is 0. The molecule has 1 aromatic heterocycles. The summed E-state index contributed by atoms with van der Waals surface area (Å²) in [5.41, 5.74) is 6.86. The SMILES string of the molecule is N[C@@H](Cc1ccc(O)c(-n2cccc2)c1)C(=O)O. The number of nitrogens with two attached hydrogens (primary N) is 1. The number of benzene rings is 1. The summed E-state index contributed by atoms with van der Waals surface area (Å²) < 4.78 is 1.76. The predicted molar refractivity (Wildman–Crippen MR) is 66.7 cm³/mol. The minimum Gasteiger partial charge on any atom is -0.506 e. The van der Waals surface area contributed by atoms with E-state index in [1.807, 2.05) is 12.1 Å². The van der Waals surface area contributed by atoms with E-state index in [1.165, 1.54) is 0 Å². The summed E-state index contributed by atoms with van der Waals surface area (Å²) in [5.74, 6) is -0.899. The quantitative estimate of drug-likeness (QED) is 0.754. The molecular formula is C13H14N2O3. The summed E-state index contributed by atoms with van der Waals surface area (Å²) in [6.45, 7) is 0. The van der Waals surface area contributed by atoms with E-state index < -0.39 is 12.0 Å². The van der Waals surface area contributed by atoms with Gasteiger partial charge in [0.1, 0.15) is 11.8 Å². The first-order chi connectivity index (χ1) is 8.58. The molecule has 5 nitrogen and oxygen atoms in total. The molecule has 2 aromatic rings. The lowest BCUT2D eigenvalue weighted by atomic mass is 10.1. The summed E-state index contributed by atoms with van der Waals surface area (Å²) in [6, 6.07) is 7.69. The lowest BCUT2D eigenvalue weighted by Gasteiger charge is -2.10. The van der Waals surface area contributed by atoms with Gasteiger partial charge in [0.15, 0.2) is 0 Å². The van der Waals surface area contributed by atoms with Crippen LogP contribution in [0.4, 0.5) is 0 Å². The standard InChI is InChI=1S/C13H14N2O3/c14-10(13(17)18)7-9-3-4-12(16)11(8-9)15-5-1-2-6-15/h1-6,8,10,16H,7,14H2,(H,17,18)/t10-/m0/s1. The number of aliphatic carboxylic acids is 1. The maximum absolute atomic E-state index is 10.7. The number of hydrogen-bond donors (Lipinski definition) is 3. The average Bonchev–Trinajstić information content (AvgIpc) is 2.85. The molecule has 0 saturated heterocycles. The first-order valence-corrected chi connectivity index (χ1v) is 5.51. The summed E-state index contributed by atoms with van der Waals surface area (Å²) in [5, 5.41) is 18.6. The molecule has 0 aliphatic rings. The number of aromatic nitrogens is 1. The lowest BCUT2D eigenvalue weighted by Crippen LogP contribution is -2.32. The number of aromatic hydroxyl groups is 1. The third-order valence-corrected chi connectivity index (χ3v) is 2.70. The van der Waals surface area contributed by atoms with E-state index in [0.717, 1.165) is 5.56 Å². The normalized spacial score (nSPS) is 12.3. The first kappa shape index (κ1) is 12.2. The van der Waals surface area contributed by atoms with Crippen LogP contribution in [-0.4, -0.2) is 26.8 Å².